The monoisotopic (exact) mass is 479 g/mol. The van der Waals surface area contributed by atoms with Crippen molar-refractivity contribution in [1.29, 1.82) is 0 Å². The second-order valence-corrected chi connectivity index (χ2v) is 10.4. The molecule has 2 saturated heterocycles. The summed E-state index contributed by atoms with van der Waals surface area (Å²) in [4.78, 5) is 34.2. The SMILES string of the molecule is CCOC(=O)C1CCN(C2CC[C@@]3(C2)C(=O)N2Cc4cc(C(F)(F)F)cnc4CC2C3C)CC1. The maximum atomic E-state index is 13.7. The molecular weight excluding hydrogens is 447 g/mol. The van der Waals surface area contributed by atoms with Crippen LogP contribution >= 0.6 is 0 Å². The Bertz CT molecular complexity index is 976. The van der Waals surface area contributed by atoms with Gasteiger partial charge >= 0.3 is 12.1 Å². The van der Waals surface area contributed by atoms with Gasteiger partial charge < -0.3 is 14.5 Å². The first-order chi connectivity index (χ1) is 16.1. The number of ether oxygens (including phenoxy) is 1. The largest absolute Gasteiger partial charge is 0.466 e. The Morgan fingerprint density at radius 1 is 1.26 bits per heavy atom. The second-order valence-electron chi connectivity index (χ2n) is 10.4. The predicted molar refractivity (Wildman–Crippen MR) is 117 cm³/mol. The number of pyridine rings is 1. The minimum atomic E-state index is -4.44. The van der Waals surface area contributed by atoms with E-state index in [4.69, 9.17) is 4.74 Å². The molecule has 4 atom stereocenters. The van der Waals surface area contributed by atoms with Crippen LogP contribution in [0.1, 0.15) is 62.8 Å². The van der Waals surface area contributed by atoms with E-state index in [2.05, 4.69) is 16.8 Å². The van der Waals surface area contributed by atoms with Crippen LogP contribution in [0.4, 0.5) is 13.2 Å². The van der Waals surface area contributed by atoms with Gasteiger partial charge in [-0.1, -0.05) is 6.92 Å². The molecule has 9 heteroatoms. The van der Waals surface area contributed by atoms with Crippen molar-refractivity contribution in [3.8, 4) is 0 Å². The van der Waals surface area contributed by atoms with Gasteiger partial charge in [-0.2, -0.15) is 13.2 Å². The van der Waals surface area contributed by atoms with E-state index >= 15 is 0 Å². The van der Waals surface area contributed by atoms with Crippen molar-refractivity contribution in [1.82, 2.24) is 14.8 Å². The van der Waals surface area contributed by atoms with Crippen LogP contribution in [-0.4, -0.2) is 58.4 Å². The smallest absolute Gasteiger partial charge is 0.417 e. The summed E-state index contributed by atoms with van der Waals surface area (Å²) in [6, 6.07) is 1.44. The molecule has 3 unspecified atom stereocenters. The number of hydrogen-bond donors (Lipinski definition) is 0. The number of rotatable bonds is 3. The second kappa shape index (κ2) is 8.50. The van der Waals surface area contributed by atoms with Crippen molar-refractivity contribution in [2.45, 2.75) is 77.2 Å². The quantitative estimate of drug-likeness (QED) is 0.617. The first-order valence-corrected chi connectivity index (χ1v) is 12.4. The molecule has 0 radical (unpaired) electrons. The molecular formula is C25H32F3N3O3. The average molecular weight is 480 g/mol. The Labute approximate surface area is 197 Å². The van der Waals surface area contributed by atoms with Gasteiger partial charge in [-0.15, -0.1) is 0 Å². The Morgan fingerprint density at radius 2 is 2.00 bits per heavy atom. The number of carbonyl (C=O) groups is 2. The zero-order valence-electron chi connectivity index (χ0n) is 19.7. The lowest BCUT2D eigenvalue weighted by Crippen LogP contribution is -2.43. The summed E-state index contributed by atoms with van der Waals surface area (Å²) >= 11 is 0. The summed E-state index contributed by atoms with van der Waals surface area (Å²) in [6.07, 6.45) is 1.06. The number of carbonyl (C=O) groups excluding carboxylic acids is 2. The highest BCUT2D eigenvalue weighted by Gasteiger charge is 2.61. The summed E-state index contributed by atoms with van der Waals surface area (Å²) in [5.41, 5.74) is -0.0190. The lowest BCUT2D eigenvalue weighted by atomic mass is 9.73. The minimum Gasteiger partial charge on any atom is -0.466 e. The van der Waals surface area contributed by atoms with E-state index in [0.717, 1.165) is 57.5 Å². The Hall–Kier alpha value is -2.16. The molecule has 1 saturated carbocycles. The van der Waals surface area contributed by atoms with Crippen molar-refractivity contribution in [3.05, 3.63) is 29.1 Å². The number of hydrogen-bond acceptors (Lipinski definition) is 5. The van der Waals surface area contributed by atoms with Gasteiger partial charge in [0, 0.05) is 36.9 Å². The molecule has 0 aromatic carbocycles. The highest BCUT2D eigenvalue weighted by molar-refractivity contribution is 5.87. The molecule has 6 nitrogen and oxygen atoms in total. The van der Waals surface area contributed by atoms with Crippen LogP contribution in [-0.2, 0) is 33.5 Å². The topological polar surface area (TPSA) is 62.7 Å². The van der Waals surface area contributed by atoms with Crippen molar-refractivity contribution < 1.29 is 27.5 Å². The molecule has 1 aliphatic carbocycles. The lowest BCUT2D eigenvalue weighted by molar-refractivity contribution is -0.149. The maximum absolute atomic E-state index is 13.7. The van der Waals surface area contributed by atoms with Crippen LogP contribution in [0.5, 0.6) is 0 Å². The van der Waals surface area contributed by atoms with Gasteiger partial charge in [0.1, 0.15) is 0 Å². The zero-order valence-corrected chi connectivity index (χ0v) is 19.7. The maximum Gasteiger partial charge on any atom is 0.417 e. The number of nitrogens with zero attached hydrogens (tertiary/aromatic N) is 3. The van der Waals surface area contributed by atoms with Crippen molar-refractivity contribution in [3.63, 3.8) is 0 Å². The molecule has 4 aliphatic rings. The van der Waals surface area contributed by atoms with Gasteiger partial charge in [0.2, 0.25) is 5.91 Å². The number of amides is 1. The van der Waals surface area contributed by atoms with Crippen molar-refractivity contribution in [2.24, 2.45) is 17.3 Å². The van der Waals surface area contributed by atoms with Gasteiger partial charge in [0.05, 0.1) is 23.5 Å². The van der Waals surface area contributed by atoms with E-state index in [-0.39, 0.29) is 36.3 Å². The molecule has 3 fully saturated rings. The van der Waals surface area contributed by atoms with Crippen LogP contribution in [0.3, 0.4) is 0 Å². The molecule has 0 bridgehead atoms. The van der Waals surface area contributed by atoms with E-state index < -0.39 is 17.2 Å². The standard InChI is InChI=1S/C25H32F3N3O3/c1-3-34-22(32)16-5-8-30(9-6-16)19-4-7-24(12-19)15(2)21-11-20-17(14-31(21)23(24)33)10-18(13-29-20)25(26,27)28/h10,13,15-16,19,21H,3-9,11-12,14H2,1-2H3/t15?,19?,21?,24-/m0/s1. The normalized spacial score (nSPS) is 32.2. The lowest BCUT2D eigenvalue weighted by Gasteiger charge is -2.36. The fraction of sp³-hybridized carbons (Fsp3) is 0.720. The first kappa shape index (κ1) is 23.6. The average Bonchev–Trinajstić information content (AvgIpc) is 3.35. The van der Waals surface area contributed by atoms with E-state index in [1.54, 1.807) is 0 Å². The van der Waals surface area contributed by atoms with Crippen molar-refractivity contribution in [2.75, 3.05) is 19.7 Å². The Kier molecular flexibility index (Phi) is 5.89. The Balaban J connectivity index is 1.28. The van der Waals surface area contributed by atoms with Gasteiger partial charge in [-0.25, -0.2) is 0 Å². The van der Waals surface area contributed by atoms with Crippen LogP contribution in [0.25, 0.3) is 0 Å². The fourth-order valence-electron chi connectivity index (χ4n) is 6.87. The summed E-state index contributed by atoms with van der Waals surface area (Å²) in [6.45, 7) is 6.22. The highest BCUT2D eigenvalue weighted by Crippen LogP contribution is 2.55. The third-order valence-electron chi connectivity index (χ3n) is 8.86. The number of aromatic nitrogens is 1. The molecule has 3 aliphatic heterocycles. The number of piperidine rings is 1. The van der Waals surface area contributed by atoms with E-state index in [0.29, 0.717) is 30.3 Å². The van der Waals surface area contributed by atoms with Crippen LogP contribution in [0.15, 0.2) is 12.3 Å². The molecule has 0 N–H and O–H groups in total. The number of esters is 1. The molecule has 1 aromatic heterocycles. The highest BCUT2D eigenvalue weighted by atomic mass is 19.4. The third-order valence-corrected chi connectivity index (χ3v) is 8.86. The first-order valence-electron chi connectivity index (χ1n) is 12.4. The fourth-order valence-corrected chi connectivity index (χ4v) is 6.87. The number of likely N-dealkylation sites (tertiary alicyclic amines) is 1. The molecule has 186 valence electrons. The summed E-state index contributed by atoms with van der Waals surface area (Å²) in [5, 5.41) is 0. The molecule has 1 amide bonds. The van der Waals surface area contributed by atoms with E-state index in [1.165, 1.54) is 0 Å². The molecule has 5 rings (SSSR count). The minimum absolute atomic E-state index is 0.0162. The summed E-state index contributed by atoms with van der Waals surface area (Å²) in [5.74, 6) is 0.0693. The Morgan fingerprint density at radius 3 is 2.68 bits per heavy atom. The van der Waals surface area contributed by atoms with Gasteiger partial charge in [-0.05, 0) is 69.7 Å². The molecule has 1 aromatic rings. The zero-order chi connectivity index (χ0) is 24.3. The van der Waals surface area contributed by atoms with Gasteiger partial charge in [-0.3, -0.25) is 14.6 Å². The molecule has 1 spiro atoms. The van der Waals surface area contributed by atoms with E-state index in [9.17, 15) is 22.8 Å². The molecule has 4 heterocycles. The van der Waals surface area contributed by atoms with E-state index in [1.807, 2.05) is 11.8 Å². The summed E-state index contributed by atoms with van der Waals surface area (Å²) < 4.78 is 44.7. The van der Waals surface area contributed by atoms with Crippen LogP contribution in [0, 0.1) is 17.3 Å². The van der Waals surface area contributed by atoms with Gasteiger partial charge in [0.15, 0.2) is 0 Å². The molecule has 34 heavy (non-hydrogen) atoms. The third kappa shape index (κ3) is 3.80. The summed E-state index contributed by atoms with van der Waals surface area (Å²) in [7, 11) is 0. The number of alkyl halides is 3. The van der Waals surface area contributed by atoms with Crippen LogP contribution < -0.4 is 0 Å². The predicted octanol–water partition coefficient (Wildman–Crippen LogP) is 3.82. The number of halogens is 3. The van der Waals surface area contributed by atoms with Crippen LogP contribution in [0.2, 0.25) is 0 Å². The number of fused-ring (bicyclic) bond motifs is 2. The van der Waals surface area contributed by atoms with Gasteiger partial charge in [0.25, 0.3) is 0 Å². The van der Waals surface area contributed by atoms with Crippen molar-refractivity contribution >= 4 is 11.9 Å².